The number of rotatable bonds is 8. The van der Waals surface area contributed by atoms with E-state index in [0.717, 1.165) is 31.7 Å². The Morgan fingerprint density at radius 1 is 1.39 bits per heavy atom. The summed E-state index contributed by atoms with van der Waals surface area (Å²) < 4.78 is 5.84. The number of carbonyl (C=O) groups excluding carboxylic acids is 1. The van der Waals surface area contributed by atoms with Crippen molar-refractivity contribution in [3.63, 3.8) is 0 Å². The molecule has 0 radical (unpaired) electrons. The number of hydrogen-bond acceptors (Lipinski definition) is 3. The van der Waals surface area contributed by atoms with Crippen molar-refractivity contribution in [3.8, 4) is 0 Å². The SMILES string of the molecule is CCCNC(CCOC1CCC(C)CC1)C(N)=O. The van der Waals surface area contributed by atoms with E-state index in [1.54, 1.807) is 0 Å². The Bertz CT molecular complexity index is 238. The van der Waals surface area contributed by atoms with Crippen LogP contribution in [0, 0.1) is 5.92 Å². The van der Waals surface area contributed by atoms with Crippen molar-refractivity contribution in [2.45, 2.75) is 64.5 Å². The van der Waals surface area contributed by atoms with Crippen LogP contribution in [0.5, 0.6) is 0 Å². The molecule has 0 aromatic rings. The van der Waals surface area contributed by atoms with Crippen molar-refractivity contribution >= 4 is 5.91 Å². The first-order chi connectivity index (χ1) is 8.63. The van der Waals surface area contributed by atoms with Crippen LogP contribution in [0.2, 0.25) is 0 Å². The molecule has 3 N–H and O–H groups in total. The first-order valence-corrected chi connectivity index (χ1v) is 7.27. The third kappa shape index (κ3) is 5.83. The van der Waals surface area contributed by atoms with E-state index in [2.05, 4.69) is 19.2 Å². The van der Waals surface area contributed by atoms with E-state index >= 15 is 0 Å². The van der Waals surface area contributed by atoms with Crippen LogP contribution in [0.3, 0.4) is 0 Å². The largest absolute Gasteiger partial charge is 0.378 e. The third-order valence-electron chi connectivity index (χ3n) is 3.71. The third-order valence-corrected chi connectivity index (χ3v) is 3.71. The number of primary amides is 1. The van der Waals surface area contributed by atoms with Crippen LogP contribution in [0.25, 0.3) is 0 Å². The van der Waals surface area contributed by atoms with Crippen LogP contribution >= 0.6 is 0 Å². The number of carbonyl (C=O) groups is 1. The van der Waals surface area contributed by atoms with E-state index in [4.69, 9.17) is 10.5 Å². The summed E-state index contributed by atoms with van der Waals surface area (Å²) in [6.07, 6.45) is 6.92. The molecule has 1 unspecified atom stereocenters. The number of nitrogens with two attached hydrogens (primary N) is 1. The van der Waals surface area contributed by atoms with Gasteiger partial charge < -0.3 is 15.8 Å². The number of nitrogens with one attached hydrogen (secondary N) is 1. The van der Waals surface area contributed by atoms with Gasteiger partial charge in [-0.1, -0.05) is 13.8 Å². The van der Waals surface area contributed by atoms with Crippen molar-refractivity contribution in [1.82, 2.24) is 5.32 Å². The van der Waals surface area contributed by atoms with Crippen molar-refractivity contribution in [2.75, 3.05) is 13.2 Å². The average Bonchev–Trinajstić information content (AvgIpc) is 2.35. The molecular weight excluding hydrogens is 228 g/mol. The van der Waals surface area contributed by atoms with E-state index in [1.165, 1.54) is 12.8 Å². The van der Waals surface area contributed by atoms with Crippen LogP contribution in [-0.4, -0.2) is 31.2 Å². The Labute approximate surface area is 111 Å². The van der Waals surface area contributed by atoms with Gasteiger partial charge >= 0.3 is 0 Å². The summed E-state index contributed by atoms with van der Waals surface area (Å²) in [6.45, 7) is 5.83. The first kappa shape index (κ1) is 15.4. The molecule has 106 valence electrons. The average molecular weight is 256 g/mol. The molecule has 0 saturated heterocycles. The maximum Gasteiger partial charge on any atom is 0.234 e. The molecule has 0 heterocycles. The minimum absolute atomic E-state index is 0.243. The molecule has 4 nitrogen and oxygen atoms in total. The highest BCUT2D eigenvalue weighted by atomic mass is 16.5. The molecule has 1 aliphatic carbocycles. The monoisotopic (exact) mass is 256 g/mol. The highest BCUT2D eigenvalue weighted by Crippen LogP contribution is 2.25. The number of ether oxygens (including phenoxy) is 1. The molecule has 4 heteroatoms. The van der Waals surface area contributed by atoms with Gasteiger partial charge in [-0.3, -0.25) is 4.79 Å². The summed E-state index contributed by atoms with van der Waals surface area (Å²) in [5.74, 6) is 0.568. The minimum Gasteiger partial charge on any atom is -0.378 e. The molecule has 18 heavy (non-hydrogen) atoms. The Hall–Kier alpha value is -0.610. The molecule has 1 saturated carbocycles. The number of hydrogen-bond donors (Lipinski definition) is 2. The van der Waals surface area contributed by atoms with Gasteiger partial charge in [-0.2, -0.15) is 0 Å². The van der Waals surface area contributed by atoms with Gasteiger partial charge in [0.25, 0.3) is 0 Å². The fraction of sp³-hybridized carbons (Fsp3) is 0.929. The lowest BCUT2D eigenvalue weighted by Gasteiger charge is -2.26. The summed E-state index contributed by atoms with van der Waals surface area (Å²) in [7, 11) is 0. The lowest BCUT2D eigenvalue weighted by molar-refractivity contribution is -0.120. The molecule has 0 bridgehead atoms. The van der Waals surface area contributed by atoms with Crippen LogP contribution in [-0.2, 0) is 9.53 Å². The van der Waals surface area contributed by atoms with Crippen LogP contribution < -0.4 is 11.1 Å². The quantitative estimate of drug-likeness (QED) is 0.696. The zero-order valence-corrected chi connectivity index (χ0v) is 11.8. The Kier molecular flexibility index (Phi) is 7.28. The van der Waals surface area contributed by atoms with Crippen LogP contribution in [0.15, 0.2) is 0 Å². The smallest absolute Gasteiger partial charge is 0.234 e. The summed E-state index contributed by atoms with van der Waals surface area (Å²) in [5.41, 5.74) is 5.36. The lowest BCUT2D eigenvalue weighted by Crippen LogP contribution is -2.42. The van der Waals surface area contributed by atoms with Gasteiger partial charge in [0.2, 0.25) is 5.91 Å². The highest BCUT2D eigenvalue weighted by Gasteiger charge is 2.20. The van der Waals surface area contributed by atoms with Crippen LogP contribution in [0.1, 0.15) is 52.4 Å². The molecule has 1 aliphatic rings. The standard InChI is InChI=1S/C14H28N2O2/c1-3-9-16-13(14(15)17)8-10-18-12-6-4-11(2)5-7-12/h11-13,16H,3-10H2,1-2H3,(H2,15,17). The van der Waals surface area contributed by atoms with E-state index in [-0.39, 0.29) is 11.9 Å². The van der Waals surface area contributed by atoms with E-state index < -0.39 is 0 Å². The fourth-order valence-corrected chi connectivity index (χ4v) is 2.41. The highest BCUT2D eigenvalue weighted by molar-refractivity contribution is 5.79. The molecular formula is C14H28N2O2. The van der Waals surface area contributed by atoms with E-state index in [0.29, 0.717) is 19.1 Å². The number of amides is 1. The van der Waals surface area contributed by atoms with Gasteiger partial charge in [-0.05, 0) is 51.0 Å². The first-order valence-electron chi connectivity index (χ1n) is 7.27. The summed E-state index contributed by atoms with van der Waals surface area (Å²) in [4.78, 5) is 11.2. The second-order valence-corrected chi connectivity index (χ2v) is 5.45. The van der Waals surface area contributed by atoms with Gasteiger partial charge in [0, 0.05) is 6.61 Å². The van der Waals surface area contributed by atoms with Crippen molar-refractivity contribution in [1.29, 1.82) is 0 Å². The van der Waals surface area contributed by atoms with Gasteiger partial charge in [0.05, 0.1) is 12.1 Å². The Balaban J connectivity index is 2.16. The summed E-state index contributed by atoms with van der Waals surface area (Å²) in [6, 6.07) is -0.243. The van der Waals surface area contributed by atoms with Gasteiger partial charge in [-0.25, -0.2) is 0 Å². The summed E-state index contributed by atoms with van der Waals surface area (Å²) >= 11 is 0. The predicted octanol–water partition coefficient (Wildman–Crippen LogP) is 1.83. The fourth-order valence-electron chi connectivity index (χ4n) is 2.41. The zero-order chi connectivity index (χ0) is 13.4. The second-order valence-electron chi connectivity index (χ2n) is 5.45. The maximum absolute atomic E-state index is 11.2. The van der Waals surface area contributed by atoms with Gasteiger partial charge in [0.15, 0.2) is 0 Å². The molecule has 1 atom stereocenters. The second kappa shape index (κ2) is 8.48. The van der Waals surface area contributed by atoms with Gasteiger partial charge in [0.1, 0.15) is 0 Å². The predicted molar refractivity (Wildman–Crippen MR) is 73.3 cm³/mol. The van der Waals surface area contributed by atoms with E-state index in [1.807, 2.05) is 0 Å². The molecule has 1 rings (SSSR count). The summed E-state index contributed by atoms with van der Waals surface area (Å²) in [5, 5.41) is 3.16. The van der Waals surface area contributed by atoms with Crippen molar-refractivity contribution < 1.29 is 9.53 Å². The maximum atomic E-state index is 11.2. The van der Waals surface area contributed by atoms with Crippen molar-refractivity contribution in [2.24, 2.45) is 11.7 Å². The van der Waals surface area contributed by atoms with Gasteiger partial charge in [-0.15, -0.1) is 0 Å². The molecule has 1 fully saturated rings. The molecule has 0 aliphatic heterocycles. The molecule has 0 aromatic carbocycles. The Morgan fingerprint density at radius 2 is 2.06 bits per heavy atom. The van der Waals surface area contributed by atoms with E-state index in [9.17, 15) is 4.79 Å². The zero-order valence-electron chi connectivity index (χ0n) is 11.8. The van der Waals surface area contributed by atoms with Crippen LogP contribution in [0.4, 0.5) is 0 Å². The minimum atomic E-state index is -0.274. The molecule has 0 spiro atoms. The lowest BCUT2D eigenvalue weighted by atomic mass is 9.89. The van der Waals surface area contributed by atoms with Crippen molar-refractivity contribution in [3.05, 3.63) is 0 Å². The molecule has 1 amide bonds. The topological polar surface area (TPSA) is 64.3 Å². The molecule has 0 aromatic heterocycles. The Morgan fingerprint density at radius 3 is 2.61 bits per heavy atom. The normalized spacial score (nSPS) is 25.9.